The molecule has 0 aromatic carbocycles. The van der Waals surface area contributed by atoms with E-state index < -0.39 is 10.0 Å². The molecule has 2 heterocycles. The normalized spacial score (nSPS) is 33.0. The number of carbonyl (C=O) groups is 1. The minimum absolute atomic E-state index is 0.0350. The van der Waals surface area contributed by atoms with Crippen LogP contribution >= 0.6 is 0 Å². The van der Waals surface area contributed by atoms with Gasteiger partial charge in [-0.2, -0.15) is 4.31 Å². The maximum atomic E-state index is 12.2. The van der Waals surface area contributed by atoms with Gasteiger partial charge in [0.1, 0.15) is 0 Å². The van der Waals surface area contributed by atoms with E-state index in [0.29, 0.717) is 32.8 Å². The van der Waals surface area contributed by atoms with Crippen molar-refractivity contribution in [3.8, 4) is 0 Å². The van der Waals surface area contributed by atoms with Gasteiger partial charge in [0.05, 0.1) is 18.0 Å². The third kappa shape index (κ3) is 2.51. The fourth-order valence-electron chi connectivity index (χ4n) is 2.93. The predicted octanol–water partition coefficient (Wildman–Crippen LogP) is -0.342. The van der Waals surface area contributed by atoms with E-state index in [1.165, 1.54) is 0 Å². The van der Waals surface area contributed by atoms with Crippen LogP contribution in [-0.4, -0.2) is 67.7 Å². The van der Waals surface area contributed by atoms with Gasteiger partial charge < -0.3 is 9.64 Å². The van der Waals surface area contributed by atoms with Gasteiger partial charge in [0.2, 0.25) is 15.9 Å². The van der Waals surface area contributed by atoms with Gasteiger partial charge in [-0.1, -0.05) is 0 Å². The average molecular weight is 288 g/mol. The first-order valence-corrected chi connectivity index (χ1v) is 8.35. The van der Waals surface area contributed by atoms with Gasteiger partial charge in [0.25, 0.3) is 0 Å². The van der Waals surface area contributed by atoms with Crippen molar-refractivity contribution in [2.45, 2.75) is 31.1 Å². The number of nitrogens with zero attached hydrogens (tertiary/aromatic N) is 2. The van der Waals surface area contributed by atoms with E-state index in [-0.39, 0.29) is 23.2 Å². The number of carbonyl (C=O) groups excluding carboxylic acids is 1. The van der Waals surface area contributed by atoms with Crippen molar-refractivity contribution in [3.63, 3.8) is 0 Å². The molecule has 1 aliphatic carbocycles. The lowest BCUT2D eigenvalue weighted by atomic mass is 10.1. The fourth-order valence-corrected chi connectivity index (χ4v) is 4.83. The topological polar surface area (TPSA) is 66.9 Å². The third-order valence-electron chi connectivity index (χ3n) is 4.25. The largest absolute Gasteiger partial charge is 0.375 e. The summed E-state index contributed by atoms with van der Waals surface area (Å²) in [5, 5.41) is -0.168. The Hall–Kier alpha value is -0.660. The molecule has 7 heteroatoms. The molecule has 1 saturated carbocycles. The fraction of sp³-hybridized carbons (Fsp3) is 0.917. The molecule has 0 radical (unpaired) electrons. The number of hydrogen-bond donors (Lipinski definition) is 0. The summed E-state index contributed by atoms with van der Waals surface area (Å²) in [6, 6.07) is 0. The van der Waals surface area contributed by atoms with Crippen LogP contribution in [0.1, 0.15) is 19.8 Å². The van der Waals surface area contributed by atoms with Crippen LogP contribution < -0.4 is 0 Å². The van der Waals surface area contributed by atoms with Gasteiger partial charge in [0.15, 0.2) is 0 Å². The van der Waals surface area contributed by atoms with Crippen LogP contribution in [0.5, 0.6) is 0 Å². The molecule has 0 N–H and O–H groups in total. The highest BCUT2D eigenvalue weighted by molar-refractivity contribution is 7.90. The van der Waals surface area contributed by atoms with E-state index in [0.717, 1.165) is 12.8 Å². The summed E-state index contributed by atoms with van der Waals surface area (Å²) in [4.78, 5) is 13.2. The molecule has 0 aromatic heterocycles. The quantitative estimate of drug-likeness (QED) is 0.697. The monoisotopic (exact) mass is 288 g/mol. The Morgan fingerprint density at radius 3 is 2.58 bits per heavy atom. The second-order valence-corrected chi connectivity index (χ2v) is 7.91. The lowest BCUT2D eigenvalue weighted by Gasteiger charge is -2.22. The number of rotatable bonds is 2. The van der Waals surface area contributed by atoms with Gasteiger partial charge >= 0.3 is 0 Å². The zero-order valence-electron chi connectivity index (χ0n) is 11.1. The van der Waals surface area contributed by atoms with Crippen molar-refractivity contribution in [2.24, 2.45) is 5.92 Å². The second kappa shape index (κ2) is 4.71. The van der Waals surface area contributed by atoms with Crippen molar-refractivity contribution in [1.82, 2.24) is 9.21 Å². The highest BCUT2D eigenvalue weighted by Gasteiger charge is 2.47. The van der Waals surface area contributed by atoms with Crippen LogP contribution in [-0.2, 0) is 19.6 Å². The van der Waals surface area contributed by atoms with Crippen LogP contribution in [0.4, 0.5) is 0 Å². The van der Waals surface area contributed by atoms with Crippen molar-refractivity contribution >= 4 is 15.9 Å². The second-order valence-electron chi connectivity index (χ2n) is 5.70. The molecule has 19 heavy (non-hydrogen) atoms. The smallest absolute Gasteiger partial charge is 0.219 e. The SMILES string of the molecule is CC(=O)N1CCO[C@H]2CN(S(=O)(=O)C3CC3)C[C@H]2C1. The van der Waals surface area contributed by atoms with Crippen LogP contribution in [0.3, 0.4) is 0 Å². The summed E-state index contributed by atoms with van der Waals surface area (Å²) in [5.41, 5.74) is 0. The molecular formula is C12H20N2O4S. The van der Waals surface area contributed by atoms with Gasteiger partial charge in [-0.05, 0) is 12.8 Å². The number of amides is 1. The molecule has 2 aliphatic heterocycles. The molecule has 3 rings (SSSR count). The highest BCUT2D eigenvalue weighted by Crippen LogP contribution is 2.35. The molecule has 3 aliphatic rings. The first-order valence-electron chi connectivity index (χ1n) is 6.84. The molecule has 0 unspecified atom stereocenters. The van der Waals surface area contributed by atoms with Gasteiger partial charge in [-0.15, -0.1) is 0 Å². The van der Waals surface area contributed by atoms with Gasteiger partial charge in [-0.25, -0.2) is 8.42 Å². The van der Waals surface area contributed by atoms with Crippen LogP contribution in [0.25, 0.3) is 0 Å². The molecule has 108 valence electrons. The van der Waals surface area contributed by atoms with Gasteiger partial charge in [-0.3, -0.25) is 4.79 Å². The van der Waals surface area contributed by atoms with E-state index in [1.807, 2.05) is 0 Å². The number of fused-ring (bicyclic) bond motifs is 1. The number of ether oxygens (including phenoxy) is 1. The minimum Gasteiger partial charge on any atom is -0.375 e. The summed E-state index contributed by atoms with van der Waals surface area (Å²) in [5.74, 6) is 0.146. The molecule has 0 bridgehead atoms. The van der Waals surface area contributed by atoms with E-state index >= 15 is 0 Å². The third-order valence-corrected chi connectivity index (χ3v) is 6.58. The van der Waals surface area contributed by atoms with Crippen LogP contribution in [0.2, 0.25) is 0 Å². The number of sulfonamides is 1. The molecule has 0 aromatic rings. The summed E-state index contributed by atoms with van der Waals surface area (Å²) in [6.07, 6.45) is 1.52. The lowest BCUT2D eigenvalue weighted by molar-refractivity contribution is -0.129. The first kappa shape index (κ1) is 13.3. The Kier molecular flexibility index (Phi) is 3.31. The van der Waals surface area contributed by atoms with Crippen LogP contribution in [0.15, 0.2) is 0 Å². The average Bonchev–Trinajstić information content (AvgIpc) is 3.14. The Balaban J connectivity index is 1.71. The Morgan fingerprint density at radius 1 is 1.21 bits per heavy atom. The molecular weight excluding hydrogens is 268 g/mol. The predicted molar refractivity (Wildman–Crippen MR) is 69.0 cm³/mol. The Bertz CT molecular complexity index is 474. The highest BCUT2D eigenvalue weighted by atomic mass is 32.2. The lowest BCUT2D eigenvalue weighted by Crippen LogP contribution is -2.37. The zero-order valence-corrected chi connectivity index (χ0v) is 11.9. The Morgan fingerprint density at radius 2 is 1.95 bits per heavy atom. The van der Waals surface area contributed by atoms with E-state index in [2.05, 4.69) is 0 Å². The van der Waals surface area contributed by atoms with Crippen molar-refractivity contribution in [3.05, 3.63) is 0 Å². The van der Waals surface area contributed by atoms with E-state index in [4.69, 9.17) is 4.74 Å². The maximum Gasteiger partial charge on any atom is 0.219 e. The molecule has 2 atom stereocenters. The Labute approximate surface area is 113 Å². The minimum atomic E-state index is -3.12. The summed E-state index contributed by atoms with van der Waals surface area (Å²) < 4.78 is 31.8. The van der Waals surface area contributed by atoms with Gasteiger partial charge in [0, 0.05) is 39.0 Å². The molecule has 1 amide bonds. The van der Waals surface area contributed by atoms with E-state index in [9.17, 15) is 13.2 Å². The first-order chi connectivity index (χ1) is 8.98. The summed E-state index contributed by atoms with van der Waals surface area (Å²) in [6.45, 7) is 4.21. The van der Waals surface area contributed by atoms with Crippen molar-refractivity contribution < 1.29 is 17.9 Å². The van der Waals surface area contributed by atoms with Crippen LogP contribution in [0, 0.1) is 5.92 Å². The van der Waals surface area contributed by atoms with E-state index in [1.54, 1.807) is 16.1 Å². The summed E-state index contributed by atoms with van der Waals surface area (Å²) >= 11 is 0. The molecule has 2 saturated heterocycles. The summed E-state index contributed by atoms with van der Waals surface area (Å²) in [7, 11) is -3.12. The number of hydrogen-bond acceptors (Lipinski definition) is 4. The van der Waals surface area contributed by atoms with Crippen molar-refractivity contribution in [1.29, 1.82) is 0 Å². The standard InChI is InChI=1S/C12H20N2O4S/c1-9(15)13-4-5-18-12-8-14(7-10(12)6-13)19(16,17)11-2-3-11/h10-12H,2-8H2,1H3/t10-,12+/m1/s1. The molecule has 3 fully saturated rings. The van der Waals surface area contributed by atoms with Crippen molar-refractivity contribution in [2.75, 3.05) is 32.8 Å². The molecule has 6 nitrogen and oxygen atoms in total. The maximum absolute atomic E-state index is 12.2. The zero-order chi connectivity index (χ0) is 13.6. The molecule has 0 spiro atoms.